The average Bonchev–Trinajstić information content (AvgIpc) is 2.92. The lowest BCUT2D eigenvalue weighted by Gasteiger charge is -2.26. The van der Waals surface area contributed by atoms with Gasteiger partial charge in [0, 0.05) is 36.4 Å². The summed E-state index contributed by atoms with van der Waals surface area (Å²) in [6.45, 7) is 1.57. The highest BCUT2D eigenvalue weighted by Gasteiger charge is 2.38. The molecule has 1 aliphatic rings. The van der Waals surface area contributed by atoms with E-state index < -0.39 is 54.7 Å². The van der Waals surface area contributed by atoms with Crippen molar-refractivity contribution < 1.29 is 27.6 Å². The molecule has 0 fully saturated rings. The molecule has 3 rings (SSSR count). The Morgan fingerprint density at radius 2 is 1.71 bits per heavy atom. The molecule has 0 saturated heterocycles. The van der Waals surface area contributed by atoms with Crippen LogP contribution < -0.4 is 16.0 Å². The molecule has 0 aliphatic carbocycles. The van der Waals surface area contributed by atoms with Crippen molar-refractivity contribution in [3.8, 4) is 0 Å². The van der Waals surface area contributed by atoms with Gasteiger partial charge in [-0.25, -0.2) is 4.99 Å². The lowest BCUT2D eigenvalue weighted by Crippen LogP contribution is -2.50. The Bertz CT molecular complexity index is 1120. The molecule has 3 atom stereocenters. The third kappa shape index (κ3) is 6.06. The molecule has 2 aromatic rings. The van der Waals surface area contributed by atoms with Gasteiger partial charge in [-0.15, -0.1) is 0 Å². The zero-order valence-corrected chi connectivity index (χ0v) is 19.4. The van der Waals surface area contributed by atoms with E-state index >= 15 is 0 Å². The highest BCUT2D eigenvalue weighted by Crippen LogP contribution is 2.30. The molecule has 0 aromatic heterocycles. The first-order chi connectivity index (χ1) is 16.5. The summed E-state index contributed by atoms with van der Waals surface area (Å²) in [7, 11) is 1.55. The Kier molecular flexibility index (Phi) is 7.93. The second-order valence-corrected chi connectivity index (χ2v) is 8.35. The van der Waals surface area contributed by atoms with Crippen molar-refractivity contribution in [1.29, 1.82) is 0 Å². The molecule has 1 aliphatic heterocycles. The Hall–Kier alpha value is -3.69. The summed E-state index contributed by atoms with van der Waals surface area (Å²) in [5.41, 5.74) is 7.81. The predicted octanol–water partition coefficient (Wildman–Crippen LogP) is 3.41. The molecular formula is C25H27F3N4O3. The number of rotatable bonds is 8. The number of nitrogens with zero attached hydrogens (tertiary/aromatic N) is 2. The largest absolute Gasteiger partial charge is 0.389 e. The summed E-state index contributed by atoms with van der Waals surface area (Å²) in [5, 5.41) is 2.55. The molecule has 10 heteroatoms. The number of fused-ring (bicyclic) bond motifs is 1. The number of amides is 3. The second-order valence-electron chi connectivity index (χ2n) is 8.35. The molecule has 3 amide bonds. The fourth-order valence-electron chi connectivity index (χ4n) is 4.20. The first-order valence-electron chi connectivity index (χ1n) is 11.2. The number of para-hydroxylation sites is 1. The number of anilines is 1. The maximum absolute atomic E-state index is 13.3. The van der Waals surface area contributed by atoms with E-state index in [0.717, 1.165) is 5.56 Å². The maximum Gasteiger partial charge on any atom is 0.389 e. The number of benzene rings is 2. The minimum Gasteiger partial charge on any atom is -0.369 e. The number of nitrogens with two attached hydrogens (primary N) is 1. The first-order valence-corrected chi connectivity index (χ1v) is 11.2. The molecule has 2 aromatic carbocycles. The predicted molar refractivity (Wildman–Crippen MR) is 126 cm³/mol. The number of carbonyl (C=O) groups is 3. The summed E-state index contributed by atoms with van der Waals surface area (Å²) in [5.74, 6) is -4.77. The maximum atomic E-state index is 13.3. The van der Waals surface area contributed by atoms with Gasteiger partial charge in [0.1, 0.15) is 0 Å². The Balaban J connectivity index is 1.96. The lowest BCUT2D eigenvalue weighted by molar-refractivity contribution is -0.145. The van der Waals surface area contributed by atoms with E-state index in [1.54, 1.807) is 32.2 Å². The Labute approximate surface area is 201 Å². The number of hydrogen-bond acceptors (Lipinski definition) is 4. The fraction of sp³-hybridized carbons (Fsp3) is 0.360. The van der Waals surface area contributed by atoms with Crippen LogP contribution in [0.4, 0.5) is 18.9 Å². The molecule has 0 radical (unpaired) electrons. The number of carbonyl (C=O) groups excluding carboxylic acids is 3. The Morgan fingerprint density at radius 3 is 2.31 bits per heavy atom. The zero-order valence-electron chi connectivity index (χ0n) is 19.4. The second kappa shape index (κ2) is 10.7. The van der Waals surface area contributed by atoms with Crippen LogP contribution in [0.2, 0.25) is 0 Å². The molecule has 186 valence electrons. The molecule has 1 heterocycles. The van der Waals surface area contributed by atoms with Gasteiger partial charge in [-0.1, -0.05) is 55.5 Å². The molecule has 0 unspecified atom stereocenters. The van der Waals surface area contributed by atoms with E-state index in [-0.39, 0.29) is 6.42 Å². The number of nitrogens with one attached hydrogen (secondary N) is 1. The van der Waals surface area contributed by atoms with Gasteiger partial charge in [-0.3, -0.25) is 14.4 Å². The first kappa shape index (κ1) is 25.9. The monoisotopic (exact) mass is 488 g/mol. The zero-order chi connectivity index (χ0) is 25.8. The van der Waals surface area contributed by atoms with Gasteiger partial charge in [-0.2, -0.15) is 13.2 Å². The molecule has 0 spiro atoms. The lowest BCUT2D eigenvalue weighted by atomic mass is 9.85. The van der Waals surface area contributed by atoms with Crippen molar-refractivity contribution in [2.75, 3.05) is 11.9 Å². The molecular weight excluding hydrogens is 461 g/mol. The van der Waals surface area contributed by atoms with Crippen LogP contribution in [0.25, 0.3) is 0 Å². The van der Waals surface area contributed by atoms with Crippen molar-refractivity contribution in [1.82, 2.24) is 5.32 Å². The van der Waals surface area contributed by atoms with Crippen molar-refractivity contribution in [3.05, 3.63) is 65.7 Å². The molecule has 0 saturated carbocycles. The number of aliphatic imine (C=N–C) groups is 1. The third-order valence-electron chi connectivity index (χ3n) is 6.04. The standard InChI is InChI=1S/C25H27F3N4O3/c1-3-16(17(21(29)33)13-14-25(26,27)28)23(34)31-22-24(35)32(2)19-12-8-7-11-18(19)20(30-22)15-9-5-4-6-10-15/h4-12,16-17,22H,3,13-14H2,1-2H3,(H2,29,33)(H,31,34)/t16-,17+,22-/m1/s1. The van der Waals surface area contributed by atoms with Crippen LogP contribution >= 0.6 is 0 Å². The SMILES string of the molecule is CC[C@@H](C(=O)N[C@H]1N=C(c2ccccc2)c2ccccc2N(C)C1=O)[C@H](CCC(F)(F)F)C(N)=O. The van der Waals surface area contributed by atoms with Crippen molar-refractivity contribution in [2.24, 2.45) is 22.6 Å². The average molecular weight is 489 g/mol. The molecule has 3 N–H and O–H groups in total. The number of halogens is 3. The van der Waals surface area contributed by atoms with E-state index in [0.29, 0.717) is 17.0 Å². The van der Waals surface area contributed by atoms with Gasteiger partial charge in [0.25, 0.3) is 5.91 Å². The summed E-state index contributed by atoms with van der Waals surface area (Å²) in [4.78, 5) is 44.3. The van der Waals surface area contributed by atoms with E-state index in [1.165, 1.54) is 4.90 Å². The van der Waals surface area contributed by atoms with Crippen LogP contribution in [0, 0.1) is 11.8 Å². The van der Waals surface area contributed by atoms with Crippen molar-refractivity contribution in [2.45, 2.75) is 38.5 Å². The fourth-order valence-corrected chi connectivity index (χ4v) is 4.20. The van der Waals surface area contributed by atoms with Gasteiger partial charge >= 0.3 is 6.18 Å². The molecule has 0 bridgehead atoms. The topological polar surface area (TPSA) is 105 Å². The highest BCUT2D eigenvalue weighted by atomic mass is 19.4. The van der Waals surface area contributed by atoms with Gasteiger partial charge < -0.3 is 16.0 Å². The quantitative estimate of drug-likeness (QED) is 0.595. The number of likely N-dealkylation sites (N-methyl/N-ethyl adjacent to an activating group) is 1. The summed E-state index contributed by atoms with van der Waals surface area (Å²) >= 11 is 0. The minimum atomic E-state index is -4.50. The smallest absolute Gasteiger partial charge is 0.369 e. The summed E-state index contributed by atoms with van der Waals surface area (Å²) in [6, 6.07) is 16.2. The Morgan fingerprint density at radius 1 is 1.09 bits per heavy atom. The number of benzodiazepines with no additional fused rings is 1. The normalized spacial score (nSPS) is 17.6. The molecule has 7 nitrogen and oxygen atoms in total. The van der Waals surface area contributed by atoms with Gasteiger partial charge in [-0.05, 0) is 18.9 Å². The van der Waals surface area contributed by atoms with Crippen LogP contribution in [0.1, 0.15) is 37.3 Å². The van der Waals surface area contributed by atoms with Gasteiger partial charge in [0.2, 0.25) is 18.0 Å². The van der Waals surface area contributed by atoms with Gasteiger partial charge in [0.05, 0.1) is 11.4 Å². The van der Waals surface area contributed by atoms with Crippen molar-refractivity contribution >= 4 is 29.1 Å². The number of hydrogen-bond donors (Lipinski definition) is 2. The van der Waals surface area contributed by atoms with Gasteiger partial charge in [0.15, 0.2) is 0 Å². The van der Waals surface area contributed by atoms with E-state index in [9.17, 15) is 27.6 Å². The van der Waals surface area contributed by atoms with Crippen LogP contribution in [0.15, 0.2) is 59.6 Å². The summed E-state index contributed by atoms with van der Waals surface area (Å²) < 4.78 is 38.3. The van der Waals surface area contributed by atoms with Crippen LogP contribution in [-0.2, 0) is 14.4 Å². The van der Waals surface area contributed by atoms with Crippen LogP contribution in [-0.4, -0.2) is 42.8 Å². The number of alkyl halides is 3. The molecule has 35 heavy (non-hydrogen) atoms. The highest BCUT2D eigenvalue weighted by molar-refractivity contribution is 6.20. The third-order valence-corrected chi connectivity index (χ3v) is 6.04. The van der Waals surface area contributed by atoms with Crippen LogP contribution in [0.5, 0.6) is 0 Å². The van der Waals surface area contributed by atoms with E-state index in [1.807, 2.05) is 36.4 Å². The summed E-state index contributed by atoms with van der Waals surface area (Å²) in [6.07, 6.45) is -7.65. The van der Waals surface area contributed by atoms with E-state index in [4.69, 9.17) is 5.73 Å². The van der Waals surface area contributed by atoms with E-state index in [2.05, 4.69) is 10.3 Å². The van der Waals surface area contributed by atoms with Crippen molar-refractivity contribution in [3.63, 3.8) is 0 Å². The number of primary amides is 1. The van der Waals surface area contributed by atoms with Crippen LogP contribution in [0.3, 0.4) is 0 Å². The minimum absolute atomic E-state index is 0.0591.